The summed E-state index contributed by atoms with van der Waals surface area (Å²) in [7, 11) is 0. The minimum atomic E-state index is -1.14. The van der Waals surface area contributed by atoms with Crippen molar-refractivity contribution in [3.63, 3.8) is 0 Å². The van der Waals surface area contributed by atoms with Crippen LogP contribution in [-0.2, 0) is 37.9 Å². The summed E-state index contributed by atoms with van der Waals surface area (Å²) in [6.07, 6.45) is 4.66. The Morgan fingerprint density at radius 2 is 1.92 bits per heavy atom. The van der Waals surface area contributed by atoms with E-state index in [1.807, 2.05) is 0 Å². The van der Waals surface area contributed by atoms with Crippen molar-refractivity contribution in [2.45, 2.75) is 37.8 Å². The molecule has 25 heavy (non-hydrogen) atoms. The number of aromatic amines is 1. The van der Waals surface area contributed by atoms with E-state index in [4.69, 9.17) is 11.5 Å². The molecule has 2 atom stereocenters. The maximum atomic E-state index is 12.4. The summed E-state index contributed by atoms with van der Waals surface area (Å²) in [5.41, 5.74) is 11.2. The molecule has 0 spiro atoms. The number of nitrogens with one attached hydrogen (secondary N) is 3. The van der Waals surface area contributed by atoms with Crippen LogP contribution in [0.3, 0.4) is 0 Å². The third-order valence-corrected chi connectivity index (χ3v) is 3.37. The molecular weight excluding hydrogens is 380 g/mol. The number of rotatable bonds is 11. The van der Waals surface area contributed by atoms with Gasteiger partial charge < -0.3 is 32.2 Å². The van der Waals surface area contributed by atoms with Gasteiger partial charge >= 0.3 is 5.97 Å². The number of carbonyl (C=O) groups is 3. The van der Waals surface area contributed by atoms with Gasteiger partial charge in [0.15, 0.2) is 0 Å². The van der Waals surface area contributed by atoms with Crippen LogP contribution in [0.15, 0.2) is 12.5 Å². The Kier molecular flexibility index (Phi) is 11.5. The predicted molar refractivity (Wildman–Crippen MR) is 85.7 cm³/mol. The topological polar surface area (TPSA) is 176 Å². The summed E-state index contributed by atoms with van der Waals surface area (Å²) in [5.74, 6) is -2.25. The number of imidazole rings is 1. The summed E-state index contributed by atoms with van der Waals surface area (Å²) in [4.78, 5) is 41.9. The number of aromatic nitrogens is 2. The van der Waals surface area contributed by atoms with E-state index in [0.29, 0.717) is 25.1 Å². The molecule has 0 bridgehead atoms. The van der Waals surface area contributed by atoms with Crippen LogP contribution in [0.2, 0.25) is 0 Å². The van der Waals surface area contributed by atoms with E-state index in [2.05, 4.69) is 20.6 Å². The Morgan fingerprint density at radius 1 is 1.20 bits per heavy atom. The molecular formula is C14H24CuN6O4. The second kappa shape index (κ2) is 12.4. The first-order valence-electron chi connectivity index (χ1n) is 7.68. The molecule has 10 nitrogen and oxygen atoms in total. The molecule has 2 amide bonds. The first kappa shape index (κ1) is 23.1. The van der Waals surface area contributed by atoms with Crippen molar-refractivity contribution in [2.24, 2.45) is 11.5 Å². The number of carboxylic acids is 1. The zero-order valence-corrected chi connectivity index (χ0v) is 14.6. The summed E-state index contributed by atoms with van der Waals surface area (Å²) < 4.78 is 0. The van der Waals surface area contributed by atoms with E-state index in [1.54, 1.807) is 6.20 Å². The maximum Gasteiger partial charge on any atom is 0.326 e. The van der Waals surface area contributed by atoms with Crippen LogP contribution in [0.1, 0.15) is 25.0 Å². The Labute approximate surface area is 156 Å². The standard InChI is InChI=1S/C14H24N6O4.Cu/c15-4-2-1-3-10(14(23)24)20-13(22)11(19-12(21)6-16)5-9-7-17-8-18-9;/h7-8,10-11H,1-6,15-16H2,(H,17,18)(H,19,21)(H,20,22)(H,23,24);. The van der Waals surface area contributed by atoms with Gasteiger partial charge in [0, 0.05) is 29.7 Å². The minimum Gasteiger partial charge on any atom is -0.480 e. The van der Waals surface area contributed by atoms with Gasteiger partial charge in [-0.25, -0.2) is 9.78 Å². The Bertz CT molecular complexity index is 539. The van der Waals surface area contributed by atoms with Crippen molar-refractivity contribution in [3.05, 3.63) is 18.2 Å². The molecule has 1 radical (unpaired) electrons. The fourth-order valence-corrected chi connectivity index (χ4v) is 2.10. The van der Waals surface area contributed by atoms with Crippen LogP contribution >= 0.6 is 0 Å². The van der Waals surface area contributed by atoms with Gasteiger partial charge in [-0.15, -0.1) is 0 Å². The SMILES string of the molecule is NCCCCC(NC(=O)C(Cc1c[nH]cn1)NC(=O)CN)C(=O)O.[Cu]. The number of aliphatic carboxylic acids is 1. The summed E-state index contributed by atoms with van der Waals surface area (Å²) in [6, 6.07) is -2.00. The van der Waals surface area contributed by atoms with Crippen molar-refractivity contribution in [1.29, 1.82) is 0 Å². The molecule has 1 rings (SSSR count). The second-order valence-corrected chi connectivity index (χ2v) is 5.27. The average molecular weight is 404 g/mol. The Morgan fingerprint density at radius 3 is 2.44 bits per heavy atom. The van der Waals surface area contributed by atoms with Gasteiger partial charge in [0.2, 0.25) is 11.8 Å². The fourth-order valence-electron chi connectivity index (χ4n) is 2.10. The van der Waals surface area contributed by atoms with E-state index in [1.165, 1.54) is 6.33 Å². The maximum absolute atomic E-state index is 12.4. The number of H-pyrrole nitrogens is 1. The molecule has 1 heterocycles. The zero-order valence-electron chi connectivity index (χ0n) is 13.6. The monoisotopic (exact) mass is 403 g/mol. The van der Waals surface area contributed by atoms with E-state index < -0.39 is 29.9 Å². The number of hydrogen-bond acceptors (Lipinski definition) is 6. The van der Waals surface area contributed by atoms with E-state index in [-0.39, 0.29) is 36.5 Å². The van der Waals surface area contributed by atoms with Crippen molar-refractivity contribution in [3.8, 4) is 0 Å². The van der Waals surface area contributed by atoms with Crippen LogP contribution < -0.4 is 22.1 Å². The van der Waals surface area contributed by atoms with Gasteiger partial charge in [-0.3, -0.25) is 9.59 Å². The fraction of sp³-hybridized carbons (Fsp3) is 0.571. The second-order valence-electron chi connectivity index (χ2n) is 5.27. The molecule has 0 aliphatic heterocycles. The van der Waals surface area contributed by atoms with Gasteiger partial charge in [-0.2, -0.15) is 0 Å². The number of nitrogens with two attached hydrogens (primary N) is 2. The van der Waals surface area contributed by atoms with Crippen LogP contribution in [0.5, 0.6) is 0 Å². The third kappa shape index (κ3) is 8.64. The zero-order chi connectivity index (χ0) is 17.9. The van der Waals surface area contributed by atoms with Gasteiger partial charge in [-0.05, 0) is 25.8 Å². The van der Waals surface area contributed by atoms with Gasteiger partial charge in [-0.1, -0.05) is 0 Å². The van der Waals surface area contributed by atoms with E-state index in [0.717, 1.165) is 0 Å². The number of carbonyl (C=O) groups excluding carboxylic acids is 2. The van der Waals surface area contributed by atoms with Crippen LogP contribution in [-0.4, -0.2) is 58.0 Å². The molecule has 145 valence electrons. The Hall–Kier alpha value is -1.94. The van der Waals surface area contributed by atoms with Crippen molar-refractivity contribution in [2.75, 3.05) is 13.1 Å². The Balaban J connectivity index is 0.00000576. The predicted octanol–water partition coefficient (Wildman–Crippen LogP) is -1.91. The van der Waals surface area contributed by atoms with Crippen LogP contribution in [0, 0.1) is 0 Å². The summed E-state index contributed by atoms with van der Waals surface area (Å²) in [6.45, 7) is 0.178. The minimum absolute atomic E-state index is 0. The van der Waals surface area contributed by atoms with Crippen molar-refractivity contribution < 1.29 is 36.6 Å². The molecule has 0 aromatic carbocycles. The first-order valence-corrected chi connectivity index (χ1v) is 7.68. The molecule has 0 fully saturated rings. The smallest absolute Gasteiger partial charge is 0.326 e. The van der Waals surface area contributed by atoms with Gasteiger partial charge in [0.25, 0.3) is 0 Å². The van der Waals surface area contributed by atoms with Gasteiger partial charge in [0.05, 0.1) is 18.6 Å². The number of unbranched alkanes of at least 4 members (excludes halogenated alkanes) is 1. The molecule has 11 heteroatoms. The van der Waals surface area contributed by atoms with E-state index in [9.17, 15) is 19.5 Å². The molecule has 2 unspecified atom stereocenters. The normalized spacial score (nSPS) is 12.6. The third-order valence-electron chi connectivity index (χ3n) is 3.37. The van der Waals surface area contributed by atoms with Gasteiger partial charge in [0.1, 0.15) is 12.1 Å². The largest absolute Gasteiger partial charge is 0.480 e. The van der Waals surface area contributed by atoms with Crippen LogP contribution in [0.25, 0.3) is 0 Å². The first-order chi connectivity index (χ1) is 11.5. The molecule has 0 saturated carbocycles. The molecule has 1 aromatic heterocycles. The molecule has 0 saturated heterocycles. The van der Waals surface area contributed by atoms with Crippen LogP contribution in [0.4, 0.5) is 0 Å². The van der Waals surface area contributed by atoms with Crippen molar-refractivity contribution >= 4 is 17.8 Å². The molecule has 0 aliphatic carbocycles. The average Bonchev–Trinajstić information content (AvgIpc) is 3.06. The molecule has 8 N–H and O–H groups in total. The molecule has 1 aromatic rings. The van der Waals surface area contributed by atoms with E-state index >= 15 is 0 Å². The summed E-state index contributed by atoms with van der Waals surface area (Å²) >= 11 is 0. The quantitative estimate of drug-likeness (QED) is 0.184. The number of carboxylic acid groups (broad SMARTS) is 1. The molecule has 0 aliphatic rings. The number of hydrogen-bond donors (Lipinski definition) is 6. The van der Waals surface area contributed by atoms with Crippen molar-refractivity contribution in [1.82, 2.24) is 20.6 Å². The number of nitrogens with zero attached hydrogens (tertiary/aromatic N) is 1. The summed E-state index contributed by atoms with van der Waals surface area (Å²) in [5, 5.41) is 14.1. The number of amides is 2.